The molecule has 0 aliphatic rings. The normalized spacial score (nSPS) is 10.8. The van der Waals surface area contributed by atoms with E-state index in [-0.39, 0.29) is 36.5 Å². The maximum atomic E-state index is 13.4. The van der Waals surface area contributed by atoms with E-state index in [0.29, 0.717) is 29.4 Å². The van der Waals surface area contributed by atoms with Gasteiger partial charge in [0, 0.05) is 25.8 Å². The molecule has 0 N–H and O–H groups in total. The third-order valence-electron chi connectivity index (χ3n) is 5.06. The molecule has 3 aromatic rings. The highest BCUT2D eigenvalue weighted by atomic mass is 35.5. The minimum absolute atomic E-state index is 0.116. The number of furan rings is 1. The summed E-state index contributed by atoms with van der Waals surface area (Å²) in [5.74, 6) is 0.912. The average Bonchev–Trinajstić information content (AvgIpc) is 3.22. The Bertz CT molecular complexity index is 1090. The van der Waals surface area contributed by atoms with Gasteiger partial charge in [-0.3, -0.25) is 9.59 Å². The van der Waals surface area contributed by atoms with E-state index in [0.717, 1.165) is 11.3 Å². The SMILES string of the molecule is COCCN(CC(=O)N(Cc1ccccc1)Cc1ccc(C)o1)C(=O)c1ccc(Cl)c(Cl)c1. The van der Waals surface area contributed by atoms with Crippen LogP contribution in [-0.2, 0) is 22.6 Å². The van der Waals surface area contributed by atoms with Crippen LogP contribution in [0.2, 0.25) is 10.0 Å². The Hall–Kier alpha value is -2.80. The number of aryl methyl sites for hydroxylation is 1. The summed E-state index contributed by atoms with van der Waals surface area (Å²) >= 11 is 12.1. The monoisotopic (exact) mass is 488 g/mol. The van der Waals surface area contributed by atoms with Crippen molar-refractivity contribution < 1.29 is 18.7 Å². The second-order valence-corrected chi connectivity index (χ2v) is 8.41. The van der Waals surface area contributed by atoms with Gasteiger partial charge >= 0.3 is 0 Å². The Morgan fingerprint density at radius 3 is 2.33 bits per heavy atom. The zero-order chi connectivity index (χ0) is 23.8. The van der Waals surface area contributed by atoms with Crippen molar-refractivity contribution in [2.45, 2.75) is 20.0 Å². The standard InChI is InChI=1S/C25H26Cl2N2O4/c1-18-8-10-21(33-18)16-29(15-19-6-4-3-5-7-19)24(30)17-28(12-13-32-2)25(31)20-9-11-22(26)23(27)14-20/h3-11,14H,12-13,15-17H2,1-2H3. The smallest absolute Gasteiger partial charge is 0.254 e. The lowest BCUT2D eigenvalue weighted by Gasteiger charge is -2.27. The highest BCUT2D eigenvalue weighted by molar-refractivity contribution is 6.42. The van der Waals surface area contributed by atoms with Gasteiger partial charge in [-0.05, 0) is 42.8 Å². The lowest BCUT2D eigenvalue weighted by molar-refractivity contribution is -0.133. The minimum Gasteiger partial charge on any atom is -0.464 e. The third-order valence-corrected chi connectivity index (χ3v) is 5.80. The first kappa shape index (κ1) is 24.8. The molecule has 0 radical (unpaired) electrons. The summed E-state index contributed by atoms with van der Waals surface area (Å²) < 4.78 is 10.8. The molecule has 0 saturated heterocycles. The summed E-state index contributed by atoms with van der Waals surface area (Å²) in [6.07, 6.45) is 0. The first-order valence-electron chi connectivity index (χ1n) is 10.5. The van der Waals surface area contributed by atoms with Crippen LogP contribution >= 0.6 is 23.2 Å². The predicted octanol–water partition coefficient (Wildman–Crippen LogP) is 5.21. The van der Waals surface area contributed by atoms with Crippen molar-refractivity contribution in [2.24, 2.45) is 0 Å². The van der Waals surface area contributed by atoms with Crippen LogP contribution in [0.3, 0.4) is 0 Å². The zero-order valence-corrected chi connectivity index (χ0v) is 20.1. The van der Waals surface area contributed by atoms with Gasteiger partial charge in [0.2, 0.25) is 5.91 Å². The number of nitrogens with zero attached hydrogens (tertiary/aromatic N) is 2. The third kappa shape index (κ3) is 7.09. The maximum Gasteiger partial charge on any atom is 0.254 e. The van der Waals surface area contributed by atoms with E-state index in [1.807, 2.05) is 49.4 Å². The summed E-state index contributed by atoms with van der Waals surface area (Å²) in [6, 6.07) is 18.1. The van der Waals surface area contributed by atoms with E-state index in [1.165, 1.54) is 11.0 Å². The fraction of sp³-hybridized carbons (Fsp3) is 0.280. The molecule has 0 aliphatic carbocycles. The summed E-state index contributed by atoms with van der Waals surface area (Å²) in [4.78, 5) is 29.7. The Balaban J connectivity index is 1.81. The number of methoxy groups -OCH3 is 1. The van der Waals surface area contributed by atoms with Crippen LogP contribution in [-0.4, -0.2) is 48.4 Å². The van der Waals surface area contributed by atoms with Gasteiger partial charge < -0.3 is 19.0 Å². The van der Waals surface area contributed by atoms with E-state index in [2.05, 4.69) is 0 Å². The Morgan fingerprint density at radius 2 is 1.70 bits per heavy atom. The minimum atomic E-state index is -0.326. The van der Waals surface area contributed by atoms with Gasteiger partial charge in [0.15, 0.2) is 0 Å². The van der Waals surface area contributed by atoms with E-state index in [9.17, 15) is 9.59 Å². The van der Waals surface area contributed by atoms with Crippen molar-refractivity contribution in [2.75, 3.05) is 26.8 Å². The van der Waals surface area contributed by atoms with Crippen LogP contribution in [0.1, 0.15) is 27.4 Å². The first-order valence-corrected chi connectivity index (χ1v) is 11.2. The highest BCUT2D eigenvalue weighted by Crippen LogP contribution is 2.23. The Morgan fingerprint density at radius 1 is 0.939 bits per heavy atom. The van der Waals surface area contributed by atoms with E-state index in [1.54, 1.807) is 24.1 Å². The number of amides is 2. The van der Waals surface area contributed by atoms with Gasteiger partial charge in [0.1, 0.15) is 18.1 Å². The Kier molecular flexibility index (Phi) is 8.95. The fourth-order valence-electron chi connectivity index (χ4n) is 3.32. The molecule has 1 aromatic heterocycles. The van der Waals surface area contributed by atoms with Gasteiger partial charge in [-0.15, -0.1) is 0 Å². The van der Waals surface area contributed by atoms with Crippen molar-refractivity contribution in [3.8, 4) is 0 Å². The average molecular weight is 489 g/mol. The predicted molar refractivity (Wildman–Crippen MR) is 128 cm³/mol. The van der Waals surface area contributed by atoms with E-state index >= 15 is 0 Å². The number of benzene rings is 2. The first-order chi connectivity index (χ1) is 15.9. The number of hydrogen-bond acceptors (Lipinski definition) is 4. The second kappa shape index (κ2) is 11.9. The topological polar surface area (TPSA) is 63.0 Å². The number of halogens is 2. The summed E-state index contributed by atoms with van der Waals surface area (Å²) in [5, 5.41) is 0.634. The highest BCUT2D eigenvalue weighted by Gasteiger charge is 2.24. The summed E-state index contributed by atoms with van der Waals surface area (Å²) in [6.45, 7) is 2.96. The second-order valence-electron chi connectivity index (χ2n) is 7.60. The molecule has 0 atom stereocenters. The van der Waals surface area contributed by atoms with Crippen LogP contribution in [0.5, 0.6) is 0 Å². The molecule has 0 aliphatic heterocycles. The molecule has 33 heavy (non-hydrogen) atoms. The molecule has 0 bridgehead atoms. The number of carbonyl (C=O) groups is 2. The van der Waals surface area contributed by atoms with Crippen LogP contribution in [0, 0.1) is 6.92 Å². The molecule has 174 valence electrons. The number of hydrogen-bond donors (Lipinski definition) is 0. The fourth-order valence-corrected chi connectivity index (χ4v) is 3.62. The Labute approximate surface area is 203 Å². The molecule has 6 nitrogen and oxygen atoms in total. The van der Waals surface area contributed by atoms with Crippen LogP contribution in [0.4, 0.5) is 0 Å². The quantitative estimate of drug-likeness (QED) is 0.392. The number of rotatable bonds is 10. The van der Waals surface area contributed by atoms with Crippen LogP contribution < -0.4 is 0 Å². The number of ether oxygens (including phenoxy) is 1. The van der Waals surface area contributed by atoms with Crippen LogP contribution in [0.25, 0.3) is 0 Å². The molecular formula is C25H26Cl2N2O4. The zero-order valence-electron chi connectivity index (χ0n) is 18.6. The van der Waals surface area contributed by atoms with Crippen LogP contribution in [0.15, 0.2) is 65.1 Å². The van der Waals surface area contributed by atoms with Crippen molar-refractivity contribution in [3.05, 3.63) is 93.4 Å². The maximum absolute atomic E-state index is 13.4. The molecule has 0 saturated carbocycles. The van der Waals surface area contributed by atoms with E-state index < -0.39 is 0 Å². The molecule has 0 fully saturated rings. The van der Waals surface area contributed by atoms with E-state index in [4.69, 9.17) is 32.4 Å². The molecule has 0 spiro atoms. The van der Waals surface area contributed by atoms with Gasteiger partial charge in [-0.1, -0.05) is 53.5 Å². The van der Waals surface area contributed by atoms with Gasteiger partial charge in [-0.25, -0.2) is 0 Å². The van der Waals surface area contributed by atoms with Gasteiger partial charge in [-0.2, -0.15) is 0 Å². The molecule has 2 aromatic carbocycles. The van der Waals surface area contributed by atoms with Crippen molar-refractivity contribution in [3.63, 3.8) is 0 Å². The molecule has 3 rings (SSSR count). The van der Waals surface area contributed by atoms with Crippen molar-refractivity contribution in [1.82, 2.24) is 9.80 Å². The molecule has 8 heteroatoms. The summed E-state index contributed by atoms with van der Waals surface area (Å²) in [5.41, 5.74) is 1.33. The largest absolute Gasteiger partial charge is 0.464 e. The number of carbonyl (C=O) groups excluding carboxylic acids is 2. The molecule has 1 heterocycles. The van der Waals surface area contributed by atoms with Gasteiger partial charge in [0.25, 0.3) is 5.91 Å². The molecular weight excluding hydrogens is 463 g/mol. The van der Waals surface area contributed by atoms with Gasteiger partial charge in [0.05, 0.1) is 23.2 Å². The summed E-state index contributed by atoms with van der Waals surface area (Å²) in [7, 11) is 1.55. The molecule has 0 unspecified atom stereocenters. The van der Waals surface area contributed by atoms with Crippen molar-refractivity contribution in [1.29, 1.82) is 0 Å². The lowest BCUT2D eigenvalue weighted by atomic mass is 10.2. The van der Waals surface area contributed by atoms with Crippen molar-refractivity contribution >= 4 is 35.0 Å². The molecule has 2 amide bonds. The lowest BCUT2D eigenvalue weighted by Crippen LogP contribution is -2.43.